The van der Waals surface area contributed by atoms with Crippen LogP contribution in [0.1, 0.15) is 17.3 Å². The average Bonchev–Trinajstić information content (AvgIpc) is 2.69. The van der Waals surface area contributed by atoms with Crippen molar-refractivity contribution in [1.29, 1.82) is 0 Å². The molecule has 0 amide bonds. The van der Waals surface area contributed by atoms with E-state index in [-0.39, 0.29) is 5.78 Å². The van der Waals surface area contributed by atoms with Crippen LogP contribution in [0.4, 0.5) is 23.1 Å². The van der Waals surface area contributed by atoms with Gasteiger partial charge in [0, 0.05) is 22.8 Å². The van der Waals surface area contributed by atoms with Crippen molar-refractivity contribution in [2.75, 3.05) is 10.6 Å². The molecule has 0 bridgehead atoms. The minimum absolute atomic E-state index is 0.0352. The second kappa shape index (κ2) is 7.21. The molecule has 2 N–H and O–H groups in total. The fraction of sp³-hybridized carbons (Fsp3) is 0.0476. The van der Waals surface area contributed by atoms with E-state index in [0.717, 1.165) is 22.3 Å². The number of para-hydroxylation sites is 1. The zero-order chi connectivity index (χ0) is 18.6. The van der Waals surface area contributed by atoms with E-state index in [1.165, 1.54) is 0 Å². The molecule has 2 aromatic heterocycles. The molecule has 2 aromatic carbocycles. The summed E-state index contributed by atoms with van der Waals surface area (Å²) < 4.78 is 0. The Morgan fingerprint density at radius 1 is 0.889 bits per heavy atom. The van der Waals surface area contributed by atoms with Gasteiger partial charge in [-0.2, -0.15) is 4.98 Å². The van der Waals surface area contributed by atoms with Crippen LogP contribution >= 0.6 is 0 Å². The van der Waals surface area contributed by atoms with Crippen molar-refractivity contribution in [2.45, 2.75) is 6.92 Å². The summed E-state index contributed by atoms with van der Waals surface area (Å²) in [6.07, 6.45) is 3.45. The van der Waals surface area contributed by atoms with E-state index < -0.39 is 0 Å². The highest BCUT2D eigenvalue weighted by Gasteiger charge is 2.04. The molecule has 0 atom stereocenters. The Labute approximate surface area is 156 Å². The molecule has 0 saturated carbocycles. The molecular weight excluding hydrogens is 338 g/mol. The molecule has 4 aromatic rings. The molecule has 0 saturated heterocycles. The van der Waals surface area contributed by atoms with E-state index in [9.17, 15) is 4.79 Å². The van der Waals surface area contributed by atoms with Crippen LogP contribution in [0.5, 0.6) is 0 Å². The first-order valence-electron chi connectivity index (χ1n) is 8.50. The topological polar surface area (TPSA) is 79.8 Å². The number of carbonyl (C=O) groups is 1. The number of aromatic nitrogens is 3. The van der Waals surface area contributed by atoms with E-state index in [0.29, 0.717) is 17.3 Å². The van der Waals surface area contributed by atoms with Gasteiger partial charge in [0.25, 0.3) is 0 Å². The molecule has 0 radical (unpaired) electrons. The third kappa shape index (κ3) is 3.90. The molecule has 0 aliphatic heterocycles. The van der Waals surface area contributed by atoms with Crippen LogP contribution in [-0.2, 0) is 0 Å². The van der Waals surface area contributed by atoms with Gasteiger partial charge in [0.1, 0.15) is 5.82 Å². The van der Waals surface area contributed by atoms with Crippen molar-refractivity contribution in [2.24, 2.45) is 0 Å². The third-order valence-electron chi connectivity index (χ3n) is 4.07. The summed E-state index contributed by atoms with van der Waals surface area (Å²) in [6.45, 7) is 1.54. The number of anilines is 4. The molecular formula is C21H17N5O. The van der Waals surface area contributed by atoms with Gasteiger partial charge >= 0.3 is 0 Å². The van der Waals surface area contributed by atoms with Gasteiger partial charge in [0.15, 0.2) is 5.78 Å². The zero-order valence-electron chi connectivity index (χ0n) is 14.7. The maximum Gasteiger partial charge on any atom is 0.229 e. The predicted octanol–water partition coefficient (Wildman–Crippen LogP) is 4.71. The van der Waals surface area contributed by atoms with Gasteiger partial charge in [-0.3, -0.25) is 9.78 Å². The van der Waals surface area contributed by atoms with Gasteiger partial charge in [-0.1, -0.05) is 18.2 Å². The fourth-order valence-corrected chi connectivity index (χ4v) is 2.69. The summed E-state index contributed by atoms with van der Waals surface area (Å²) >= 11 is 0. The molecule has 27 heavy (non-hydrogen) atoms. The number of nitrogens with one attached hydrogen (secondary N) is 2. The summed E-state index contributed by atoms with van der Waals surface area (Å²) in [5, 5.41) is 7.44. The predicted molar refractivity (Wildman–Crippen MR) is 107 cm³/mol. The second-order valence-corrected chi connectivity index (χ2v) is 6.07. The second-order valence-electron chi connectivity index (χ2n) is 6.07. The van der Waals surface area contributed by atoms with Crippen LogP contribution in [0.3, 0.4) is 0 Å². The molecule has 2 heterocycles. The molecule has 0 unspecified atom stereocenters. The van der Waals surface area contributed by atoms with Crippen molar-refractivity contribution < 1.29 is 4.79 Å². The summed E-state index contributed by atoms with van der Waals surface area (Å²) in [6, 6.07) is 19.0. The number of pyridine rings is 1. The molecule has 132 valence electrons. The largest absolute Gasteiger partial charge is 0.339 e. The lowest BCUT2D eigenvalue weighted by molar-refractivity contribution is 0.101. The van der Waals surface area contributed by atoms with Crippen LogP contribution in [0.25, 0.3) is 10.9 Å². The maximum atomic E-state index is 11.4. The summed E-state index contributed by atoms with van der Waals surface area (Å²) in [7, 11) is 0. The molecule has 6 heteroatoms. The first-order chi connectivity index (χ1) is 13.2. The number of benzene rings is 2. The van der Waals surface area contributed by atoms with Crippen molar-refractivity contribution in [1.82, 2.24) is 15.0 Å². The zero-order valence-corrected chi connectivity index (χ0v) is 14.7. The maximum absolute atomic E-state index is 11.4. The lowest BCUT2D eigenvalue weighted by Gasteiger charge is -2.09. The number of rotatable bonds is 5. The van der Waals surface area contributed by atoms with Crippen LogP contribution in [0.15, 0.2) is 73.1 Å². The molecule has 6 nitrogen and oxygen atoms in total. The van der Waals surface area contributed by atoms with Crippen molar-refractivity contribution in [3.63, 3.8) is 0 Å². The quantitative estimate of drug-likeness (QED) is 0.505. The molecule has 0 aliphatic carbocycles. The number of nitrogens with zero attached hydrogens (tertiary/aromatic N) is 3. The Kier molecular flexibility index (Phi) is 4.45. The highest BCUT2D eigenvalue weighted by molar-refractivity contribution is 5.94. The van der Waals surface area contributed by atoms with E-state index in [2.05, 4.69) is 25.6 Å². The SMILES string of the molecule is CC(=O)c1ccc(Nc2nccc(Nc3cnc4ccccc4c3)n2)cc1. The van der Waals surface area contributed by atoms with Gasteiger partial charge in [0.05, 0.1) is 17.4 Å². The molecule has 0 fully saturated rings. The van der Waals surface area contributed by atoms with E-state index in [4.69, 9.17) is 0 Å². The minimum atomic E-state index is 0.0352. The van der Waals surface area contributed by atoms with Gasteiger partial charge in [0.2, 0.25) is 5.95 Å². The van der Waals surface area contributed by atoms with E-state index >= 15 is 0 Å². The Balaban J connectivity index is 1.52. The third-order valence-corrected chi connectivity index (χ3v) is 4.07. The molecule has 0 spiro atoms. The highest BCUT2D eigenvalue weighted by Crippen LogP contribution is 2.20. The van der Waals surface area contributed by atoms with Gasteiger partial charge in [-0.15, -0.1) is 0 Å². The normalized spacial score (nSPS) is 10.6. The number of hydrogen-bond donors (Lipinski definition) is 2. The van der Waals surface area contributed by atoms with Gasteiger partial charge < -0.3 is 10.6 Å². The first-order valence-corrected chi connectivity index (χ1v) is 8.50. The van der Waals surface area contributed by atoms with Crippen LogP contribution in [-0.4, -0.2) is 20.7 Å². The fourth-order valence-electron chi connectivity index (χ4n) is 2.69. The number of Topliss-reactive ketones (excluding diaryl/α,β-unsaturated/α-hetero) is 1. The van der Waals surface area contributed by atoms with Crippen LogP contribution in [0, 0.1) is 0 Å². The number of fused-ring (bicyclic) bond motifs is 1. The lowest BCUT2D eigenvalue weighted by Crippen LogP contribution is -2.01. The highest BCUT2D eigenvalue weighted by atomic mass is 16.1. The van der Waals surface area contributed by atoms with Crippen molar-refractivity contribution >= 4 is 39.8 Å². The average molecular weight is 355 g/mol. The van der Waals surface area contributed by atoms with Crippen molar-refractivity contribution in [3.8, 4) is 0 Å². The summed E-state index contributed by atoms with van der Waals surface area (Å²) in [5.41, 5.74) is 3.27. The number of ketones is 1. The first kappa shape index (κ1) is 16.7. The Morgan fingerprint density at radius 2 is 1.70 bits per heavy atom. The smallest absolute Gasteiger partial charge is 0.229 e. The van der Waals surface area contributed by atoms with Crippen LogP contribution in [0.2, 0.25) is 0 Å². The summed E-state index contributed by atoms with van der Waals surface area (Å²) in [4.78, 5) is 24.5. The Morgan fingerprint density at radius 3 is 2.52 bits per heavy atom. The standard InChI is InChI=1S/C21H17N5O/c1-14(27)15-6-8-17(9-7-15)25-21-22-11-10-20(26-21)24-18-12-16-4-2-3-5-19(16)23-13-18/h2-13H,1H3,(H2,22,24,25,26). The summed E-state index contributed by atoms with van der Waals surface area (Å²) in [5.74, 6) is 1.15. The van der Waals surface area contributed by atoms with E-state index in [1.54, 1.807) is 37.5 Å². The van der Waals surface area contributed by atoms with Crippen LogP contribution < -0.4 is 10.6 Å². The Hall–Kier alpha value is -3.80. The van der Waals surface area contributed by atoms with E-state index in [1.807, 2.05) is 42.5 Å². The molecule has 4 rings (SSSR count). The number of carbonyl (C=O) groups excluding carboxylic acids is 1. The minimum Gasteiger partial charge on any atom is -0.339 e. The molecule has 0 aliphatic rings. The Bertz CT molecular complexity index is 1110. The monoisotopic (exact) mass is 355 g/mol. The lowest BCUT2D eigenvalue weighted by atomic mass is 10.1. The van der Waals surface area contributed by atoms with Gasteiger partial charge in [-0.05, 0) is 49.4 Å². The number of hydrogen-bond acceptors (Lipinski definition) is 6. The van der Waals surface area contributed by atoms with Crippen molar-refractivity contribution in [3.05, 3.63) is 78.6 Å². The van der Waals surface area contributed by atoms with Gasteiger partial charge in [-0.25, -0.2) is 4.98 Å².